The van der Waals surface area contributed by atoms with Gasteiger partial charge in [0.05, 0.1) is 13.2 Å². The lowest BCUT2D eigenvalue weighted by molar-refractivity contribution is -0.142. The third kappa shape index (κ3) is 8.11. The lowest BCUT2D eigenvalue weighted by atomic mass is 10.3. The molecule has 0 radical (unpaired) electrons. The van der Waals surface area contributed by atoms with Gasteiger partial charge in [0.2, 0.25) is 0 Å². The van der Waals surface area contributed by atoms with Gasteiger partial charge < -0.3 is 9.47 Å². The Morgan fingerprint density at radius 1 is 1.32 bits per heavy atom. The lowest BCUT2D eigenvalue weighted by Gasteiger charge is -2.10. The largest absolute Gasteiger partial charge is 0.494 e. The van der Waals surface area contributed by atoms with Gasteiger partial charge in [0.25, 0.3) is 0 Å². The topological polar surface area (TPSA) is 35.5 Å². The van der Waals surface area contributed by atoms with E-state index < -0.39 is 0 Å². The monoisotopic (exact) mass is 350 g/mol. The van der Waals surface area contributed by atoms with Crippen LogP contribution in [0.1, 0.15) is 27.2 Å². The molecule has 0 aliphatic heterocycles. The molecule has 0 saturated heterocycles. The smallest absolute Gasteiger partial charge is 0.319 e. The fourth-order valence-electron chi connectivity index (χ4n) is 1.16. The number of rotatable bonds is 6. The van der Waals surface area contributed by atoms with Gasteiger partial charge in [0, 0.05) is 11.4 Å². The van der Waals surface area contributed by atoms with Gasteiger partial charge >= 0.3 is 5.97 Å². The quantitative estimate of drug-likeness (QED) is 0.560. The van der Waals surface area contributed by atoms with Gasteiger partial charge in [-0.2, -0.15) is 0 Å². The van der Waals surface area contributed by atoms with E-state index in [2.05, 4.69) is 15.9 Å². The molecule has 19 heavy (non-hydrogen) atoms. The highest BCUT2D eigenvalue weighted by molar-refractivity contribution is 9.10. The standard InChI is InChI=1S/C12H14BrClO3.C2H6/c1-2-16-12(15)11(13)7-8-17-10-5-3-9(14)4-6-10;1-2/h3-6,11H,2,7-8H2,1H3;1-2H3. The number of carbonyl (C=O) groups excluding carboxylic acids is 1. The van der Waals surface area contributed by atoms with Crippen LogP contribution in [0.2, 0.25) is 5.02 Å². The number of ether oxygens (including phenoxy) is 2. The third-order valence-electron chi connectivity index (χ3n) is 2.00. The number of benzene rings is 1. The van der Waals surface area contributed by atoms with Crippen molar-refractivity contribution < 1.29 is 14.3 Å². The maximum Gasteiger partial charge on any atom is 0.319 e. The molecule has 1 aromatic carbocycles. The van der Waals surface area contributed by atoms with Crippen LogP contribution >= 0.6 is 27.5 Å². The number of halogens is 2. The van der Waals surface area contributed by atoms with Crippen LogP contribution in [0, 0.1) is 0 Å². The number of carbonyl (C=O) groups is 1. The normalized spacial score (nSPS) is 11.0. The fraction of sp³-hybridized carbons (Fsp3) is 0.500. The fourth-order valence-corrected chi connectivity index (χ4v) is 1.61. The van der Waals surface area contributed by atoms with Crippen LogP contribution < -0.4 is 4.74 Å². The van der Waals surface area contributed by atoms with Crippen LogP contribution in [0.3, 0.4) is 0 Å². The maximum atomic E-state index is 11.3. The zero-order valence-corrected chi connectivity index (χ0v) is 13.8. The first-order valence-electron chi connectivity index (χ1n) is 6.32. The molecular weight excluding hydrogens is 332 g/mol. The molecule has 1 atom stereocenters. The minimum atomic E-state index is -0.324. The molecule has 1 unspecified atom stereocenters. The summed E-state index contributed by atoms with van der Waals surface area (Å²) >= 11 is 9.00. The second-order valence-corrected chi connectivity index (χ2v) is 4.85. The van der Waals surface area contributed by atoms with Gasteiger partial charge in [-0.3, -0.25) is 4.79 Å². The van der Waals surface area contributed by atoms with E-state index in [0.717, 1.165) is 5.75 Å². The molecule has 0 aliphatic carbocycles. The van der Waals surface area contributed by atoms with Crippen LogP contribution in [0.15, 0.2) is 24.3 Å². The van der Waals surface area contributed by atoms with E-state index in [9.17, 15) is 4.79 Å². The van der Waals surface area contributed by atoms with Crippen molar-refractivity contribution in [3.8, 4) is 5.75 Å². The van der Waals surface area contributed by atoms with Crippen molar-refractivity contribution in [3.63, 3.8) is 0 Å². The zero-order chi connectivity index (χ0) is 14.7. The first kappa shape index (κ1) is 18.3. The summed E-state index contributed by atoms with van der Waals surface area (Å²) in [5, 5.41) is 0.669. The van der Waals surface area contributed by atoms with Gasteiger partial charge in [0.1, 0.15) is 10.6 Å². The second-order valence-electron chi connectivity index (χ2n) is 3.31. The van der Waals surface area contributed by atoms with Gasteiger partial charge in [-0.1, -0.05) is 41.4 Å². The Labute approximate surface area is 128 Å². The predicted octanol–water partition coefficient (Wildman–Crippen LogP) is 4.46. The van der Waals surface area contributed by atoms with Crippen LogP contribution in [-0.2, 0) is 9.53 Å². The summed E-state index contributed by atoms with van der Waals surface area (Å²) in [6.07, 6.45) is 0.557. The van der Waals surface area contributed by atoms with E-state index in [4.69, 9.17) is 21.1 Å². The molecule has 108 valence electrons. The molecule has 0 N–H and O–H groups in total. The van der Waals surface area contributed by atoms with Crippen LogP contribution in [0.25, 0.3) is 0 Å². The van der Waals surface area contributed by atoms with E-state index in [1.807, 2.05) is 13.8 Å². The minimum absolute atomic E-state index is 0.257. The summed E-state index contributed by atoms with van der Waals surface area (Å²) < 4.78 is 10.3. The van der Waals surface area contributed by atoms with E-state index >= 15 is 0 Å². The molecule has 0 saturated carbocycles. The molecule has 0 spiro atoms. The molecule has 0 bridgehead atoms. The number of alkyl halides is 1. The summed E-state index contributed by atoms with van der Waals surface area (Å²) in [6, 6.07) is 7.09. The van der Waals surface area contributed by atoms with Crippen molar-refractivity contribution in [1.82, 2.24) is 0 Å². The summed E-state index contributed by atoms with van der Waals surface area (Å²) in [6.45, 7) is 6.61. The van der Waals surface area contributed by atoms with E-state index in [0.29, 0.717) is 24.7 Å². The summed E-state index contributed by atoms with van der Waals surface area (Å²) in [5.74, 6) is 0.477. The molecule has 3 nitrogen and oxygen atoms in total. The van der Waals surface area contributed by atoms with Crippen molar-refractivity contribution in [2.75, 3.05) is 13.2 Å². The van der Waals surface area contributed by atoms with Crippen molar-refractivity contribution in [2.45, 2.75) is 32.0 Å². The molecule has 0 amide bonds. The summed E-state index contributed by atoms with van der Waals surface area (Å²) in [7, 11) is 0. The third-order valence-corrected chi connectivity index (χ3v) is 3.08. The Bertz CT molecular complexity index is 354. The summed E-state index contributed by atoms with van der Waals surface area (Å²) in [4.78, 5) is 11.0. The first-order chi connectivity index (χ1) is 9.13. The molecule has 1 aromatic rings. The molecule has 0 aliphatic rings. The van der Waals surface area contributed by atoms with E-state index in [1.54, 1.807) is 31.2 Å². The Balaban J connectivity index is 0.00000154. The molecule has 1 rings (SSSR count). The molecular formula is C14H20BrClO3. The maximum absolute atomic E-state index is 11.3. The van der Waals surface area contributed by atoms with Crippen molar-refractivity contribution in [1.29, 1.82) is 0 Å². The van der Waals surface area contributed by atoms with E-state index in [-0.39, 0.29) is 10.8 Å². The minimum Gasteiger partial charge on any atom is -0.494 e. The molecule has 0 heterocycles. The zero-order valence-electron chi connectivity index (χ0n) is 11.5. The highest BCUT2D eigenvalue weighted by atomic mass is 79.9. The number of hydrogen-bond donors (Lipinski definition) is 0. The Morgan fingerprint density at radius 2 is 1.89 bits per heavy atom. The van der Waals surface area contributed by atoms with Crippen molar-refractivity contribution >= 4 is 33.5 Å². The average Bonchev–Trinajstić information content (AvgIpc) is 2.43. The van der Waals surface area contributed by atoms with Crippen molar-refractivity contribution in [3.05, 3.63) is 29.3 Å². The van der Waals surface area contributed by atoms with Crippen LogP contribution in [0.5, 0.6) is 5.75 Å². The van der Waals surface area contributed by atoms with Gasteiger partial charge in [-0.15, -0.1) is 0 Å². The highest BCUT2D eigenvalue weighted by Gasteiger charge is 2.15. The highest BCUT2D eigenvalue weighted by Crippen LogP contribution is 2.16. The average molecular weight is 352 g/mol. The first-order valence-corrected chi connectivity index (χ1v) is 7.62. The van der Waals surface area contributed by atoms with Gasteiger partial charge in [-0.05, 0) is 31.2 Å². The summed E-state index contributed by atoms with van der Waals surface area (Å²) in [5.41, 5.74) is 0. The predicted molar refractivity (Wildman–Crippen MR) is 82.3 cm³/mol. The van der Waals surface area contributed by atoms with Crippen LogP contribution in [-0.4, -0.2) is 24.0 Å². The Hall–Kier alpha value is -0.740. The Morgan fingerprint density at radius 3 is 2.42 bits per heavy atom. The van der Waals surface area contributed by atoms with Crippen molar-refractivity contribution in [2.24, 2.45) is 0 Å². The molecule has 5 heteroatoms. The lowest BCUT2D eigenvalue weighted by Crippen LogP contribution is -2.19. The second kappa shape index (κ2) is 11.1. The van der Waals surface area contributed by atoms with E-state index in [1.165, 1.54) is 0 Å². The van der Waals surface area contributed by atoms with Gasteiger partial charge in [0.15, 0.2) is 0 Å². The SMILES string of the molecule is CC.CCOC(=O)C(Br)CCOc1ccc(Cl)cc1. The van der Waals surface area contributed by atoms with Gasteiger partial charge in [-0.25, -0.2) is 0 Å². The van der Waals surface area contributed by atoms with Crippen LogP contribution in [0.4, 0.5) is 0 Å². The number of esters is 1. The molecule has 0 aromatic heterocycles. The Kier molecular flexibility index (Phi) is 10.7. The molecule has 0 fully saturated rings. The number of hydrogen-bond acceptors (Lipinski definition) is 3.